The fraction of sp³-hybridized carbons (Fsp3) is 0.636. The van der Waals surface area contributed by atoms with Gasteiger partial charge in [-0.2, -0.15) is 0 Å². The van der Waals surface area contributed by atoms with E-state index in [-0.39, 0.29) is 6.61 Å². The van der Waals surface area contributed by atoms with Crippen molar-refractivity contribution in [1.82, 2.24) is 15.1 Å². The molecule has 2 aliphatic heterocycles. The summed E-state index contributed by atoms with van der Waals surface area (Å²) in [5, 5.41) is 12.2. The Kier molecular flexibility index (Phi) is 3.69. The van der Waals surface area contributed by atoms with Crippen LogP contribution in [-0.2, 0) is 0 Å². The van der Waals surface area contributed by atoms with Gasteiger partial charge in [0.15, 0.2) is 0 Å². The zero-order valence-corrected chi connectivity index (χ0v) is 9.52. The quantitative estimate of drug-likeness (QED) is 0.567. The molecule has 1 fully saturated rings. The third-order valence-corrected chi connectivity index (χ3v) is 3.06. The lowest BCUT2D eigenvalue weighted by atomic mass is 10.2. The van der Waals surface area contributed by atoms with Crippen molar-refractivity contribution >= 4 is 0 Å². The van der Waals surface area contributed by atoms with Gasteiger partial charge < -0.3 is 21.1 Å². The number of rotatable bonds is 3. The molecular weight excluding hydrogens is 204 g/mol. The van der Waals surface area contributed by atoms with Gasteiger partial charge in [0.05, 0.1) is 13.2 Å². The summed E-state index contributed by atoms with van der Waals surface area (Å²) >= 11 is 0. The molecule has 16 heavy (non-hydrogen) atoms. The highest BCUT2D eigenvalue weighted by Crippen LogP contribution is 2.10. The molecule has 2 heterocycles. The van der Waals surface area contributed by atoms with Gasteiger partial charge in [0.1, 0.15) is 5.82 Å². The second-order valence-electron chi connectivity index (χ2n) is 4.20. The topological polar surface area (TPSA) is 64.8 Å². The fourth-order valence-corrected chi connectivity index (χ4v) is 2.07. The van der Waals surface area contributed by atoms with Crippen LogP contribution in [0.1, 0.15) is 0 Å². The largest absolute Gasteiger partial charge is 0.401 e. The molecule has 5 nitrogen and oxygen atoms in total. The van der Waals surface area contributed by atoms with Gasteiger partial charge in [0.2, 0.25) is 0 Å². The predicted octanol–water partition coefficient (Wildman–Crippen LogP) is -1.12. The molecule has 0 radical (unpaired) electrons. The Morgan fingerprint density at radius 1 is 1.25 bits per heavy atom. The summed E-state index contributed by atoms with van der Waals surface area (Å²) in [6.45, 7) is 5.81. The molecule has 1 saturated heterocycles. The molecule has 0 saturated carbocycles. The molecule has 2 aliphatic rings. The van der Waals surface area contributed by atoms with Crippen LogP contribution in [0.5, 0.6) is 0 Å². The minimum atomic E-state index is 0.250. The average molecular weight is 224 g/mol. The molecule has 0 aliphatic carbocycles. The van der Waals surface area contributed by atoms with E-state index in [0.717, 1.165) is 50.8 Å². The molecular formula is C11H20N4O. The highest BCUT2D eigenvalue weighted by Gasteiger charge is 2.18. The average Bonchev–Trinajstić information content (AvgIpc) is 2.32. The molecule has 0 amide bonds. The molecule has 0 aromatic carbocycles. The van der Waals surface area contributed by atoms with Crippen molar-refractivity contribution in [2.45, 2.75) is 0 Å². The van der Waals surface area contributed by atoms with E-state index < -0.39 is 0 Å². The van der Waals surface area contributed by atoms with Crippen LogP contribution in [0.4, 0.5) is 0 Å². The zero-order valence-electron chi connectivity index (χ0n) is 9.52. The lowest BCUT2D eigenvalue weighted by molar-refractivity contribution is 0.127. The second kappa shape index (κ2) is 5.23. The third kappa shape index (κ3) is 2.68. The Balaban J connectivity index is 1.85. The number of hydrogen-bond acceptors (Lipinski definition) is 5. The van der Waals surface area contributed by atoms with Crippen LogP contribution >= 0.6 is 0 Å². The number of dihydropyridines is 1. The van der Waals surface area contributed by atoms with Gasteiger partial charge >= 0.3 is 0 Å². The van der Waals surface area contributed by atoms with E-state index in [1.165, 1.54) is 0 Å². The maximum atomic E-state index is 8.86. The van der Waals surface area contributed by atoms with E-state index in [4.69, 9.17) is 10.8 Å². The highest BCUT2D eigenvalue weighted by molar-refractivity contribution is 5.21. The van der Waals surface area contributed by atoms with Crippen molar-refractivity contribution in [3.8, 4) is 0 Å². The van der Waals surface area contributed by atoms with Crippen molar-refractivity contribution in [3.05, 3.63) is 23.7 Å². The number of aliphatic hydroxyl groups excluding tert-OH is 1. The summed E-state index contributed by atoms with van der Waals surface area (Å²) in [4.78, 5) is 4.61. The molecule has 2 rings (SSSR count). The first-order valence-corrected chi connectivity index (χ1v) is 5.78. The number of β-amino-alcohol motifs (C(OH)–C–C–N with tert-alkyl or cyclic N) is 1. The Morgan fingerprint density at radius 3 is 2.56 bits per heavy atom. The Labute approximate surface area is 96.2 Å². The Bertz CT molecular complexity index is 292. The van der Waals surface area contributed by atoms with Crippen molar-refractivity contribution in [2.75, 3.05) is 45.9 Å². The molecule has 0 aromatic heterocycles. The molecule has 0 spiro atoms. The fourth-order valence-electron chi connectivity index (χ4n) is 2.07. The molecule has 0 atom stereocenters. The monoisotopic (exact) mass is 224 g/mol. The standard InChI is InChI=1S/C11H20N4O/c12-10-1-2-11(13-9-10)15-5-3-14(4-6-15)7-8-16/h1-2,13,16H,3-9,12H2. The zero-order chi connectivity index (χ0) is 11.4. The Hall–Kier alpha value is -1.20. The number of hydrogen-bond donors (Lipinski definition) is 3. The summed E-state index contributed by atoms with van der Waals surface area (Å²) in [5.74, 6) is 1.16. The van der Waals surface area contributed by atoms with Crippen molar-refractivity contribution in [1.29, 1.82) is 0 Å². The van der Waals surface area contributed by atoms with Crippen LogP contribution in [0.3, 0.4) is 0 Å². The van der Waals surface area contributed by atoms with Crippen LogP contribution in [0.2, 0.25) is 0 Å². The van der Waals surface area contributed by atoms with E-state index in [2.05, 4.69) is 15.1 Å². The van der Waals surface area contributed by atoms with Crippen molar-refractivity contribution < 1.29 is 5.11 Å². The van der Waals surface area contributed by atoms with Gasteiger partial charge in [0.25, 0.3) is 0 Å². The first-order chi connectivity index (χ1) is 7.79. The summed E-state index contributed by atoms with van der Waals surface area (Å²) < 4.78 is 0. The number of piperazine rings is 1. The van der Waals surface area contributed by atoms with Crippen LogP contribution in [0, 0.1) is 0 Å². The van der Waals surface area contributed by atoms with E-state index in [1.54, 1.807) is 0 Å². The van der Waals surface area contributed by atoms with Crippen molar-refractivity contribution in [3.63, 3.8) is 0 Å². The van der Waals surface area contributed by atoms with Gasteiger partial charge in [-0.05, 0) is 12.2 Å². The molecule has 90 valence electrons. The van der Waals surface area contributed by atoms with Gasteiger partial charge in [0, 0.05) is 38.4 Å². The second-order valence-corrected chi connectivity index (χ2v) is 4.20. The minimum absolute atomic E-state index is 0.250. The first-order valence-electron chi connectivity index (χ1n) is 5.78. The number of nitrogens with zero attached hydrogens (tertiary/aromatic N) is 2. The van der Waals surface area contributed by atoms with Gasteiger partial charge in [-0.25, -0.2) is 0 Å². The van der Waals surface area contributed by atoms with E-state index in [1.807, 2.05) is 12.2 Å². The van der Waals surface area contributed by atoms with Crippen molar-refractivity contribution in [2.24, 2.45) is 5.73 Å². The van der Waals surface area contributed by atoms with E-state index >= 15 is 0 Å². The van der Waals surface area contributed by atoms with Gasteiger partial charge in [-0.15, -0.1) is 0 Å². The maximum absolute atomic E-state index is 8.86. The summed E-state index contributed by atoms with van der Waals surface area (Å²) in [6, 6.07) is 0. The molecule has 0 bridgehead atoms. The minimum Gasteiger partial charge on any atom is -0.401 e. The number of allylic oxidation sites excluding steroid dienone is 2. The third-order valence-electron chi connectivity index (χ3n) is 3.06. The van der Waals surface area contributed by atoms with Gasteiger partial charge in [-0.3, -0.25) is 4.90 Å². The molecule has 5 heteroatoms. The van der Waals surface area contributed by atoms with Crippen LogP contribution < -0.4 is 11.1 Å². The molecule has 4 N–H and O–H groups in total. The maximum Gasteiger partial charge on any atom is 0.102 e. The lowest BCUT2D eigenvalue weighted by Crippen LogP contribution is -2.49. The van der Waals surface area contributed by atoms with Crippen LogP contribution in [-0.4, -0.2) is 60.8 Å². The smallest absolute Gasteiger partial charge is 0.102 e. The molecule has 0 aromatic rings. The summed E-state index contributed by atoms with van der Waals surface area (Å²) in [5.41, 5.74) is 6.57. The highest BCUT2D eigenvalue weighted by atomic mass is 16.3. The molecule has 0 unspecified atom stereocenters. The SMILES string of the molecule is NC1=CC=C(N2CCN(CCO)CC2)NC1. The predicted molar refractivity (Wildman–Crippen MR) is 63.5 cm³/mol. The summed E-state index contributed by atoms with van der Waals surface area (Å²) in [7, 11) is 0. The summed E-state index contributed by atoms with van der Waals surface area (Å²) in [6.07, 6.45) is 4.01. The van der Waals surface area contributed by atoms with E-state index in [0.29, 0.717) is 0 Å². The number of nitrogens with one attached hydrogen (secondary N) is 1. The van der Waals surface area contributed by atoms with E-state index in [9.17, 15) is 0 Å². The first kappa shape index (κ1) is 11.3. The Morgan fingerprint density at radius 2 is 2.00 bits per heavy atom. The number of aliphatic hydroxyl groups is 1. The lowest BCUT2D eigenvalue weighted by Gasteiger charge is -2.37. The van der Waals surface area contributed by atoms with Crippen LogP contribution in [0.25, 0.3) is 0 Å². The van der Waals surface area contributed by atoms with Gasteiger partial charge in [-0.1, -0.05) is 0 Å². The normalized spacial score (nSPS) is 22.4. The number of nitrogens with two attached hydrogens (primary N) is 1. The van der Waals surface area contributed by atoms with Crippen LogP contribution in [0.15, 0.2) is 23.7 Å².